The topological polar surface area (TPSA) is 30.7 Å². The third-order valence-electron chi connectivity index (χ3n) is 2.35. The summed E-state index contributed by atoms with van der Waals surface area (Å²) < 4.78 is 2.02. The van der Waals surface area contributed by atoms with Crippen LogP contribution in [0.4, 0.5) is 0 Å². The van der Waals surface area contributed by atoms with E-state index in [2.05, 4.69) is 30.7 Å². The Morgan fingerprint density at radius 3 is 2.57 bits per heavy atom. The Hall–Kier alpha value is -1.38. The van der Waals surface area contributed by atoms with Crippen molar-refractivity contribution in [3.63, 3.8) is 0 Å². The molecule has 0 aliphatic rings. The van der Waals surface area contributed by atoms with Crippen LogP contribution in [0.2, 0.25) is 0 Å². The molecule has 2 heterocycles. The normalized spacial score (nSPS) is 12.3. The van der Waals surface area contributed by atoms with Crippen LogP contribution in [0.3, 0.4) is 0 Å². The quantitative estimate of drug-likeness (QED) is 0.636. The minimum atomic E-state index is 0.0495. The zero-order valence-electron chi connectivity index (χ0n) is 9.07. The van der Waals surface area contributed by atoms with Gasteiger partial charge >= 0.3 is 0 Å². The van der Waals surface area contributed by atoms with E-state index < -0.39 is 0 Å². The summed E-state index contributed by atoms with van der Waals surface area (Å²) in [4.78, 5) is 8.80. The van der Waals surface area contributed by atoms with Gasteiger partial charge in [-0.15, -0.1) is 0 Å². The van der Waals surface area contributed by atoms with Gasteiger partial charge in [0, 0.05) is 18.7 Å². The number of aryl methyl sites for hydroxylation is 1. The molecule has 0 fully saturated rings. The zero-order valence-corrected chi connectivity index (χ0v) is 9.07. The molecule has 0 radical (unpaired) electrons. The SMILES string of the molecule is Cn1cnc2c(C(C)(C)C)nccc21. The number of pyridine rings is 1. The summed E-state index contributed by atoms with van der Waals surface area (Å²) in [6, 6.07) is 2.00. The fourth-order valence-electron chi connectivity index (χ4n) is 1.61. The summed E-state index contributed by atoms with van der Waals surface area (Å²) in [7, 11) is 2.00. The second kappa shape index (κ2) is 2.80. The van der Waals surface area contributed by atoms with Gasteiger partial charge in [-0.25, -0.2) is 4.98 Å². The molecular formula is C11H15N3. The molecule has 0 spiro atoms. The smallest absolute Gasteiger partial charge is 0.110 e. The second-order valence-electron chi connectivity index (χ2n) is 4.63. The number of hydrogen-bond donors (Lipinski definition) is 0. The number of fused-ring (bicyclic) bond motifs is 1. The van der Waals surface area contributed by atoms with Gasteiger partial charge in [0.05, 0.1) is 17.5 Å². The lowest BCUT2D eigenvalue weighted by atomic mass is 9.91. The third-order valence-corrected chi connectivity index (χ3v) is 2.35. The van der Waals surface area contributed by atoms with Gasteiger partial charge in [-0.2, -0.15) is 0 Å². The molecule has 74 valence electrons. The summed E-state index contributed by atoms with van der Waals surface area (Å²) in [6.45, 7) is 6.47. The molecule has 0 aliphatic carbocycles. The predicted octanol–water partition coefficient (Wildman–Crippen LogP) is 2.27. The largest absolute Gasteiger partial charge is 0.334 e. The second-order valence-corrected chi connectivity index (χ2v) is 4.63. The molecule has 0 saturated carbocycles. The van der Waals surface area contributed by atoms with Crippen molar-refractivity contribution in [3.05, 3.63) is 24.3 Å². The predicted molar refractivity (Wildman–Crippen MR) is 57.2 cm³/mol. The summed E-state index contributed by atoms with van der Waals surface area (Å²) >= 11 is 0. The molecule has 0 bridgehead atoms. The van der Waals surface area contributed by atoms with Gasteiger partial charge in [-0.05, 0) is 6.07 Å². The van der Waals surface area contributed by atoms with E-state index in [0.29, 0.717) is 0 Å². The molecule has 3 heteroatoms. The highest BCUT2D eigenvalue weighted by Gasteiger charge is 2.20. The number of nitrogens with zero attached hydrogens (tertiary/aromatic N) is 3. The minimum absolute atomic E-state index is 0.0495. The summed E-state index contributed by atoms with van der Waals surface area (Å²) in [5, 5.41) is 0. The first-order chi connectivity index (χ1) is 6.50. The van der Waals surface area contributed by atoms with Crippen LogP contribution in [0.25, 0.3) is 11.0 Å². The molecule has 3 nitrogen and oxygen atoms in total. The monoisotopic (exact) mass is 189 g/mol. The maximum atomic E-state index is 4.42. The van der Waals surface area contributed by atoms with E-state index in [1.54, 1.807) is 0 Å². The Bertz CT molecular complexity index is 463. The molecule has 0 saturated heterocycles. The van der Waals surface area contributed by atoms with Crippen molar-refractivity contribution in [2.75, 3.05) is 0 Å². The van der Waals surface area contributed by atoms with Gasteiger partial charge in [0.25, 0.3) is 0 Å². The first-order valence-electron chi connectivity index (χ1n) is 4.76. The van der Waals surface area contributed by atoms with Crippen molar-refractivity contribution in [1.82, 2.24) is 14.5 Å². The van der Waals surface area contributed by atoms with Gasteiger partial charge in [0.1, 0.15) is 5.52 Å². The maximum absolute atomic E-state index is 4.42. The van der Waals surface area contributed by atoms with E-state index in [-0.39, 0.29) is 5.41 Å². The molecule has 0 N–H and O–H groups in total. The first kappa shape index (κ1) is 9.19. The van der Waals surface area contributed by atoms with Crippen molar-refractivity contribution < 1.29 is 0 Å². The molecule has 2 rings (SSSR count). The van der Waals surface area contributed by atoms with Crippen molar-refractivity contribution in [2.45, 2.75) is 26.2 Å². The highest BCUT2D eigenvalue weighted by Crippen LogP contribution is 2.26. The van der Waals surface area contributed by atoms with Crippen LogP contribution in [-0.2, 0) is 12.5 Å². The van der Waals surface area contributed by atoms with Crippen LogP contribution in [-0.4, -0.2) is 14.5 Å². The molecule has 0 unspecified atom stereocenters. The Kier molecular flexibility index (Phi) is 1.84. The fraction of sp³-hybridized carbons (Fsp3) is 0.455. The summed E-state index contributed by atoms with van der Waals surface area (Å²) in [5.41, 5.74) is 3.27. The lowest BCUT2D eigenvalue weighted by Gasteiger charge is -2.17. The standard InChI is InChI=1S/C11H15N3/c1-11(2,3)10-9-8(5-6-12-10)14(4)7-13-9/h5-7H,1-4H3. The first-order valence-corrected chi connectivity index (χ1v) is 4.76. The highest BCUT2D eigenvalue weighted by atomic mass is 15.0. The van der Waals surface area contributed by atoms with Crippen LogP contribution in [0.15, 0.2) is 18.6 Å². The van der Waals surface area contributed by atoms with E-state index in [1.807, 2.05) is 30.2 Å². The van der Waals surface area contributed by atoms with Crippen molar-refractivity contribution in [3.8, 4) is 0 Å². The van der Waals surface area contributed by atoms with Crippen LogP contribution in [0, 0.1) is 0 Å². The number of imidazole rings is 1. The van der Waals surface area contributed by atoms with Gasteiger partial charge in [-0.3, -0.25) is 4.98 Å². The van der Waals surface area contributed by atoms with Crippen LogP contribution in [0.1, 0.15) is 26.5 Å². The summed E-state index contributed by atoms with van der Waals surface area (Å²) in [6.07, 6.45) is 3.69. The highest BCUT2D eigenvalue weighted by molar-refractivity contribution is 5.78. The Labute approximate surface area is 83.8 Å². The molecule has 2 aromatic rings. The fourth-order valence-corrected chi connectivity index (χ4v) is 1.61. The van der Waals surface area contributed by atoms with Gasteiger partial charge < -0.3 is 4.57 Å². The van der Waals surface area contributed by atoms with E-state index in [1.165, 1.54) is 0 Å². The lowest BCUT2D eigenvalue weighted by molar-refractivity contribution is 0.574. The molecule has 0 aromatic carbocycles. The lowest BCUT2D eigenvalue weighted by Crippen LogP contribution is -2.14. The van der Waals surface area contributed by atoms with Gasteiger partial charge in [0.2, 0.25) is 0 Å². The van der Waals surface area contributed by atoms with Crippen LogP contribution >= 0.6 is 0 Å². The average molecular weight is 189 g/mol. The molecule has 0 atom stereocenters. The summed E-state index contributed by atoms with van der Waals surface area (Å²) in [5.74, 6) is 0. The number of hydrogen-bond acceptors (Lipinski definition) is 2. The molecule has 2 aromatic heterocycles. The van der Waals surface area contributed by atoms with E-state index in [4.69, 9.17) is 0 Å². The molecule has 0 amide bonds. The average Bonchev–Trinajstić information content (AvgIpc) is 2.46. The number of rotatable bonds is 0. The van der Waals surface area contributed by atoms with Crippen LogP contribution < -0.4 is 0 Å². The van der Waals surface area contributed by atoms with Gasteiger partial charge in [-0.1, -0.05) is 20.8 Å². The molecule has 0 aliphatic heterocycles. The third kappa shape index (κ3) is 1.29. The number of aromatic nitrogens is 3. The van der Waals surface area contributed by atoms with E-state index >= 15 is 0 Å². The van der Waals surface area contributed by atoms with Crippen molar-refractivity contribution in [2.24, 2.45) is 7.05 Å². The zero-order chi connectivity index (χ0) is 10.3. The molecular weight excluding hydrogens is 174 g/mol. The minimum Gasteiger partial charge on any atom is -0.334 e. The Balaban J connectivity index is 2.79. The van der Waals surface area contributed by atoms with Crippen molar-refractivity contribution >= 4 is 11.0 Å². The van der Waals surface area contributed by atoms with E-state index in [9.17, 15) is 0 Å². The van der Waals surface area contributed by atoms with Gasteiger partial charge in [0.15, 0.2) is 0 Å². The Morgan fingerprint density at radius 2 is 1.93 bits per heavy atom. The van der Waals surface area contributed by atoms with E-state index in [0.717, 1.165) is 16.7 Å². The maximum Gasteiger partial charge on any atom is 0.110 e. The van der Waals surface area contributed by atoms with Crippen molar-refractivity contribution in [1.29, 1.82) is 0 Å². The Morgan fingerprint density at radius 1 is 1.21 bits per heavy atom. The molecule has 14 heavy (non-hydrogen) atoms. The van der Waals surface area contributed by atoms with Crippen LogP contribution in [0.5, 0.6) is 0 Å².